The molecule has 1 amide bonds. The van der Waals surface area contributed by atoms with Gasteiger partial charge in [0, 0.05) is 48.3 Å². The van der Waals surface area contributed by atoms with E-state index >= 15 is 0 Å². The molecule has 0 atom stereocenters. The molecule has 0 aliphatic rings. The number of aryl methyl sites for hydroxylation is 1. The van der Waals surface area contributed by atoms with E-state index in [1.54, 1.807) is 13.3 Å². The third-order valence-corrected chi connectivity index (χ3v) is 5.41. The van der Waals surface area contributed by atoms with Crippen molar-refractivity contribution in [2.45, 2.75) is 13.0 Å². The quantitative estimate of drug-likeness (QED) is 0.441. The zero-order valence-electron chi connectivity index (χ0n) is 18.0. The molecule has 32 heavy (non-hydrogen) atoms. The minimum atomic E-state index is -0.0658. The Hall–Kier alpha value is -3.58. The fourth-order valence-electron chi connectivity index (χ4n) is 3.53. The van der Waals surface area contributed by atoms with E-state index < -0.39 is 0 Å². The van der Waals surface area contributed by atoms with E-state index in [9.17, 15) is 4.79 Å². The molecule has 8 heteroatoms. The highest BCUT2D eigenvalue weighted by molar-refractivity contribution is 6.30. The zero-order valence-corrected chi connectivity index (χ0v) is 18.7. The SMILES string of the molecule is COc1ccccc1CC(=O)NCCn1cc(-c2ccc(Cl)cc2)c(-c2nccn2C)n1. The highest BCUT2D eigenvalue weighted by atomic mass is 35.5. The van der Waals surface area contributed by atoms with E-state index in [0.717, 1.165) is 28.2 Å². The van der Waals surface area contributed by atoms with E-state index in [-0.39, 0.29) is 12.3 Å². The Morgan fingerprint density at radius 3 is 2.66 bits per heavy atom. The van der Waals surface area contributed by atoms with Gasteiger partial charge in [-0.3, -0.25) is 9.48 Å². The number of carbonyl (C=O) groups is 1. The van der Waals surface area contributed by atoms with Gasteiger partial charge in [-0.25, -0.2) is 4.98 Å². The van der Waals surface area contributed by atoms with Crippen LogP contribution in [-0.4, -0.2) is 38.9 Å². The van der Waals surface area contributed by atoms with Crippen LogP contribution in [0.15, 0.2) is 67.1 Å². The highest BCUT2D eigenvalue weighted by Crippen LogP contribution is 2.30. The van der Waals surface area contributed by atoms with Crippen LogP contribution in [-0.2, 0) is 24.8 Å². The number of amides is 1. The van der Waals surface area contributed by atoms with Crippen molar-refractivity contribution >= 4 is 17.5 Å². The monoisotopic (exact) mass is 449 g/mol. The second-order valence-electron chi connectivity index (χ2n) is 7.36. The molecule has 0 aliphatic heterocycles. The van der Waals surface area contributed by atoms with Gasteiger partial charge >= 0.3 is 0 Å². The van der Waals surface area contributed by atoms with Gasteiger partial charge in [0.05, 0.1) is 20.1 Å². The Morgan fingerprint density at radius 1 is 1.16 bits per heavy atom. The van der Waals surface area contributed by atoms with Gasteiger partial charge < -0.3 is 14.6 Å². The van der Waals surface area contributed by atoms with Gasteiger partial charge in [-0.2, -0.15) is 5.10 Å². The summed E-state index contributed by atoms with van der Waals surface area (Å²) >= 11 is 6.06. The number of methoxy groups -OCH3 is 1. The molecule has 164 valence electrons. The molecule has 0 fully saturated rings. The van der Waals surface area contributed by atoms with Crippen LogP contribution in [0.1, 0.15) is 5.56 Å². The van der Waals surface area contributed by atoms with Crippen LogP contribution < -0.4 is 10.1 Å². The summed E-state index contributed by atoms with van der Waals surface area (Å²) in [5.74, 6) is 1.42. The molecule has 0 bridgehead atoms. The van der Waals surface area contributed by atoms with Crippen molar-refractivity contribution < 1.29 is 9.53 Å². The second-order valence-corrected chi connectivity index (χ2v) is 7.80. The second kappa shape index (κ2) is 9.70. The number of nitrogens with zero attached hydrogens (tertiary/aromatic N) is 4. The number of carbonyl (C=O) groups excluding carboxylic acids is 1. The largest absolute Gasteiger partial charge is 0.496 e. The van der Waals surface area contributed by atoms with E-state index in [2.05, 4.69) is 10.3 Å². The van der Waals surface area contributed by atoms with Gasteiger partial charge in [-0.1, -0.05) is 41.9 Å². The van der Waals surface area contributed by atoms with Gasteiger partial charge in [0.2, 0.25) is 5.91 Å². The van der Waals surface area contributed by atoms with Crippen molar-refractivity contribution in [2.75, 3.05) is 13.7 Å². The van der Waals surface area contributed by atoms with Crippen molar-refractivity contribution in [3.05, 3.63) is 77.7 Å². The summed E-state index contributed by atoms with van der Waals surface area (Å²) in [7, 11) is 3.54. The van der Waals surface area contributed by atoms with Crippen LogP contribution in [0.5, 0.6) is 5.75 Å². The summed E-state index contributed by atoms with van der Waals surface area (Å²) in [6.45, 7) is 0.985. The van der Waals surface area contributed by atoms with E-state index in [1.807, 2.05) is 77.2 Å². The molecule has 1 N–H and O–H groups in total. The van der Waals surface area contributed by atoms with Gasteiger partial charge in [0.15, 0.2) is 5.82 Å². The molecule has 0 unspecified atom stereocenters. The minimum absolute atomic E-state index is 0.0658. The lowest BCUT2D eigenvalue weighted by atomic mass is 10.1. The zero-order chi connectivity index (χ0) is 22.5. The van der Waals surface area contributed by atoms with Crippen LogP contribution in [0.25, 0.3) is 22.6 Å². The summed E-state index contributed by atoms with van der Waals surface area (Å²) in [5.41, 5.74) is 3.59. The topological polar surface area (TPSA) is 74.0 Å². The Balaban J connectivity index is 1.47. The average molecular weight is 450 g/mol. The number of hydrogen-bond donors (Lipinski definition) is 1. The van der Waals surface area contributed by atoms with Crippen LogP contribution in [0.3, 0.4) is 0 Å². The van der Waals surface area contributed by atoms with Crippen LogP contribution in [0.4, 0.5) is 0 Å². The number of rotatable bonds is 8. The maximum atomic E-state index is 12.4. The lowest BCUT2D eigenvalue weighted by molar-refractivity contribution is -0.120. The third kappa shape index (κ3) is 4.84. The minimum Gasteiger partial charge on any atom is -0.496 e. The fraction of sp³-hybridized carbons (Fsp3) is 0.208. The van der Waals surface area contributed by atoms with Crippen molar-refractivity contribution in [2.24, 2.45) is 7.05 Å². The van der Waals surface area contributed by atoms with Crippen molar-refractivity contribution in [1.29, 1.82) is 0 Å². The lowest BCUT2D eigenvalue weighted by Crippen LogP contribution is -2.28. The number of hydrogen-bond acceptors (Lipinski definition) is 4. The third-order valence-electron chi connectivity index (χ3n) is 5.16. The molecule has 2 aromatic carbocycles. The first-order valence-corrected chi connectivity index (χ1v) is 10.6. The van der Waals surface area contributed by atoms with Crippen LogP contribution >= 0.6 is 11.6 Å². The van der Waals surface area contributed by atoms with Crippen molar-refractivity contribution in [1.82, 2.24) is 24.6 Å². The molecule has 4 rings (SSSR count). The van der Waals surface area contributed by atoms with Crippen LogP contribution in [0.2, 0.25) is 5.02 Å². The van der Waals surface area contributed by atoms with Gasteiger partial charge in [-0.05, 0) is 23.8 Å². The molecular formula is C24H24ClN5O2. The maximum absolute atomic E-state index is 12.4. The van der Waals surface area contributed by atoms with Crippen molar-refractivity contribution in [3.63, 3.8) is 0 Å². The van der Waals surface area contributed by atoms with Gasteiger partial charge in [0.25, 0.3) is 0 Å². The number of imidazole rings is 1. The van der Waals surface area contributed by atoms with Gasteiger partial charge in [0.1, 0.15) is 11.4 Å². The molecule has 0 aliphatic carbocycles. The number of benzene rings is 2. The predicted octanol–water partition coefficient (Wildman–Crippen LogP) is 3.97. The first kappa shape index (κ1) is 21.6. The molecule has 2 heterocycles. The number of para-hydroxylation sites is 1. The molecule has 7 nitrogen and oxygen atoms in total. The maximum Gasteiger partial charge on any atom is 0.224 e. The normalized spacial score (nSPS) is 10.8. The first-order valence-electron chi connectivity index (χ1n) is 10.2. The fourth-order valence-corrected chi connectivity index (χ4v) is 3.66. The summed E-state index contributed by atoms with van der Waals surface area (Å²) in [6, 6.07) is 15.2. The number of nitrogens with one attached hydrogen (secondary N) is 1. The van der Waals surface area contributed by atoms with E-state index in [1.165, 1.54) is 0 Å². The predicted molar refractivity (Wildman–Crippen MR) is 125 cm³/mol. The molecule has 0 saturated carbocycles. The standard InChI is InChI=1S/C24H24ClN5O2/c1-29-13-11-27-24(29)23-20(17-7-9-19(25)10-8-17)16-30(28-23)14-12-26-22(31)15-18-5-3-4-6-21(18)32-2/h3-11,13,16H,12,14-15H2,1-2H3,(H,26,31). The smallest absolute Gasteiger partial charge is 0.224 e. The average Bonchev–Trinajstić information content (AvgIpc) is 3.40. The van der Waals surface area contributed by atoms with Gasteiger partial charge in [-0.15, -0.1) is 0 Å². The summed E-state index contributed by atoms with van der Waals surface area (Å²) in [5, 5.41) is 8.39. The summed E-state index contributed by atoms with van der Waals surface area (Å²) in [6.07, 6.45) is 5.87. The van der Waals surface area contributed by atoms with E-state index in [4.69, 9.17) is 21.4 Å². The van der Waals surface area contributed by atoms with Crippen molar-refractivity contribution in [3.8, 4) is 28.4 Å². The molecular weight excluding hydrogens is 426 g/mol. The summed E-state index contributed by atoms with van der Waals surface area (Å²) in [4.78, 5) is 16.9. The number of aromatic nitrogens is 4. The number of halogens is 1. The first-order chi connectivity index (χ1) is 15.5. The molecule has 4 aromatic rings. The Bertz CT molecular complexity index is 1210. The summed E-state index contributed by atoms with van der Waals surface area (Å²) < 4.78 is 9.08. The van der Waals surface area contributed by atoms with Crippen LogP contribution in [0, 0.1) is 0 Å². The Labute approximate surface area is 191 Å². The molecule has 0 spiro atoms. The lowest BCUT2D eigenvalue weighted by Gasteiger charge is -2.09. The molecule has 2 aromatic heterocycles. The van der Waals surface area contributed by atoms with E-state index in [0.29, 0.717) is 23.9 Å². The molecule has 0 radical (unpaired) electrons. The highest BCUT2D eigenvalue weighted by Gasteiger charge is 2.17. The Morgan fingerprint density at radius 2 is 1.94 bits per heavy atom. The Kier molecular flexibility index (Phi) is 6.56. The molecule has 0 saturated heterocycles. The number of ether oxygens (including phenoxy) is 1.